The van der Waals surface area contributed by atoms with E-state index in [9.17, 15) is 14.3 Å². The highest BCUT2D eigenvalue weighted by Crippen LogP contribution is 2.33. The maximum atomic E-state index is 14.7. The summed E-state index contributed by atoms with van der Waals surface area (Å²) in [4.78, 5) is 26.0. The Morgan fingerprint density at radius 1 is 0.933 bits per heavy atom. The lowest BCUT2D eigenvalue weighted by molar-refractivity contribution is -0.114. The summed E-state index contributed by atoms with van der Waals surface area (Å²) < 4.78 is 25.7. The number of phenolic OH excluding ortho intramolecular Hbond substituents is 1. The minimum Gasteiger partial charge on any atom is -0.506 e. The number of nitrogens with one attached hydrogen (secondary N) is 1. The Labute approximate surface area is 262 Å². The molecule has 0 amide bonds. The third-order valence-corrected chi connectivity index (χ3v) is 8.07. The highest BCUT2D eigenvalue weighted by Gasteiger charge is 2.18. The molecule has 3 aromatic carbocycles. The van der Waals surface area contributed by atoms with Crippen LogP contribution in [0, 0.1) is 5.82 Å². The average Bonchev–Trinajstić information content (AvgIpc) is 3.08. The number of aromatic hydroxyl groups is 1. The molecule has 45 heavy (non-hydrogen) atoms. The summed E-state index contributed by atoms with van der Waals surface area (Å²) in [7, 11) is 0. The van der Waals surface area contributed by atoms with Crippen molar-refractivity contribution in [1.29, 1.82) is 0 Å². The maximum Gasteiger partial charge on any atom is 0.227 e. The second kappa shape index (κ2) is 13.9. The van der Waals surface area contributed by atoms with Gasteiger partial charge in [-0.1, -0.05) is 18.7 Å². The summed E-state index contributed by atoms with van der Waals surface area (Å²) in [6, 6.07) is 18.4. The SMILES string of the molecule is C=CC(=O)Cc1cc(-c2nc(Nc3ccc(O)c(N4CCOCC4)c3)ncc2Cc2ccc(N3CCOCC3)cc2)ccc1F. The fourth-order valence-electron chi connectivity index (χ4n) is 5.62. The first-order chi connectivity index (χ1) is 22.0. The third kappa shape index (κ3) is 7.30. The van der Waals surface area contributed by atoms with Gasteiger partial charge in [0.1, 0.15) is 11.6 Å². The van der Waals surface area contributed by atoms with Crippen molar-refractivity contribution in [2.24, 2.45) is 0 Å². The van der Waals surface area contributed by atoms with Gasteiger partial charge in [0.15, 0.2) is 5.78 Å². The topological polar surface area (TPSA) is 100 Å². The van der Waals surface area contributed by atoms with Crippen LogP contribution < -0.4 is 15.1 Å². The molecule has 0 bridgehead atoms. The number of rotatable bonds is 10. The number of morpholine rings is 2. The normalized spacial score (nSPS) is 15.1. The van der Waals surface area contributed by atoms with E-state index >= 15 is 0 Å². The molecule has 4 aromatic rings. The molecule has 0 unspecified atom stereocenters. The molecule has 2 N–H and O–H groups in total. The molecule has 9 nitrogen and oxygen atoms in total. The lowest BCUT2D eigenvalue weighted by Crippen LogP contribution is -2.36. The van der Waals surface area contributed by atoms with Gasteiger partial charge in [0.25, 0.3) is 0 Å². The van der Waals surface area contributed by atoms with E-state index in [4.69, 9.17) is 14.5 Å². The van der Waals surface area contributed by atoms with Crippen molar-refractivity contribution in [2.75, 3.05) is 67.7 Å². The van der Waals surface area contributed by atoms with Crippen molar-refractivity contribution < 1.29 is 23.8 Å². The Bertz CT molecular complexity index is 1670. The Balaban J connectivity index is 1.32. The number of carbonyl (C=O) groups is 1. The highest BCUT2D eigenvalue weighted by molar-refractivity contribution is 5.91. The van der Waals surface area contributed by atoms with E-state index in [1.807, 2.05) is 6.07 Å². The molecule has 0 spiro atoms. The first kappa shape index (κ1) is 30.2. The van der Waals surface area contributed by atoms with E-state index in [0.717, 1.165) is 43.1 Å². The molecular weight excluding hydrogens is 573 g/mol. The van der Waals surface area contributed by atoms with Gasteiger partial charge < -0.3 is 29.7 Å². The molecule has 2 aliphatic heterocycles. The van der Waals surface area contributed by atoms with E-state index in [1.165, 1.54) is 12.1 Å². The second-order valence-electron chi connectivity index (χ2n) is 11.1. The third-order valence-electron chi connectivity index (χ3n) is 8.07. The molecule has 232 valence electrons. The molecule has 0 radical (unpaired) electrons. The van der Waals surface area contributed by atoms with Crippen molar-refractivity contribution in [1.82, 2.24) is 9.97 Å². The van der Waals surface area contributed by atoms with Gasteiger partial charge in [0.2, 0.25) is 5.95 Å². The van der Waals surface area contributed by atoms with Crippen LogP contribution in [0.3, 0.4) is 0 Å². The molecule has 2 saturated heterocycles. The lowest BCUT2D eigenvalue weighted by Gasteiger charge is -2.29. The number of halogens is 1. The van der Waals surface area contributed by atoms with Crippen LogP contribution >= 0.6 is 0 Å². The Morgan fingerprint density at radius 3 is 2.36 bits per heavy atom. The minimum atomic E-state index is -0.457. The van der Waals surface area contributed by atoms with Crippen LogP contribution in [0.1, 0.15) is 16.7 Å². The summed E-state index contributed by atoms with van der Waals surface area (Å²) in [5.41, 5.74) is 6.08. The van der Waals surface area contributed by atoms with Gasteiger partial charge in [0.05, 0.1) is 37.8 Å². The number of carbonyl (C=O) groups excluding carboxylic acids is 1. The van der Waals surface area contributed by atoms with Crippen LogP contribution in [0.5, 0.6) is 5.75 Å². The predicted molar refractivity (Wildman–Crippen MR) is 173 cm³/mol. The van der Waals surface area contributed by atoms with Crippen LogP contribution in [0.4, 0.5) is 27.4 Å². The standard InChI is InChI=1S/C35H36FN5O4/c1-2-30(42)21-26-20-25(5-9-31(26)36)34-27(19-24-3-7-29(8-4-24)40-11-15-44-16-12-40)23-37-35(39-34)38-28-6-10-33(43)32(22-28)41-13-17-45-18-14-41/h2-10,20,22-23,43H,1,11-19,21H2,(H,37,38,39). The summed E-state index contributed by atoms with van der Waals surface area (Å²) in [5, 5.41) is 13.8. The maximum absolute atomic E-state index is 14.7. The van der Waals surface area contributed by atoms with Crippen LogP contribution in [-0.4, -0.2) is 73.5 Å². The number of nitrogens with zero attached hydrogens (tertiary/aromatic N) is 4. The fourth-order valence-corrected chi connectivity index (χ4v) is 5.62. The molecule has 0 aliphatic carbocycles. The van der Waals surface area contributed by atoms with Crippen LogP contribution in [0.25, 0.3) is 11.3 Å². The molecule has 10 heteroatoms. The number of ketones is 1. The Kier molecular flexibility index (Phi) is 9.33. The molecule has 1 aromatic heterocycles. The van der Waals surface area contributed by atoms with Gasteiger partial charge in [-0.15, -0.1) is 0 Å². The molecule has 0 saturated carbocycles. The van der Waals surface area contributed by atoms with Gasteiger partial charge in [-0.25, -0.2) is 14.4 Å². The van der Waals surface area contributed by atoms with Gasteiger partial charge in [-0.3, -0.25) is 4.79 Å². The number of ether oxygens (including phenoxy) is 2. The number of benzene rings is 3. The average molecular weight is 610 g/mol. The van der Waals surface area contributed by atoms with Crippen molar-refractivity contribution in [3.05, 3.63) is 102 Å². The first-order valence-electron chi connectivity index (χ1n) is 15.1. The summed E-state index contributed by atoms with van der Waals surface area (Å²) in [5.74, 6) is -0.184. The van der Waals surface area contributed by atoms with E-state index in [2.05, 4.69) is 50.9 Å². The lowest BCUT2D eigenvalue weighted by atomic mass is 9.98. The summed E-state index contributed by atoms with van der Waals surface area (Å²) >= 11 is 0. The van der Waals surface area contributed by atoms with Gasteiger partial charge >= 0.3 is 0 Å². The molecule has 2 fully saturated rings. The van der Waals surface area contributed by atoms with E-state index in [-0.39, 0.29) is 23.5 Å². The van der Waals surface area contributed by atoms with E-state index in [1.54, 1.807) is 30.5 Å². The van der Waals surface area contributed by atoms with E-state index < -0.39 is 5.82 Å². The van der Waals surface area contributed by atoms with Crippen LogP contribution in [-0.2, 0) is 27.1 Å². The Hall–Kier alpha value is -4.80. The fraction of sp³-hybridized carbons (Fsp3) is 0.286. The number of allylic oxidation sites excluding steroid dienone is 1. The summed E-state index contributed by atoms with van der Waals surface area (Å²) in [6.07, 6.45) is 3.45. The first-order valence-corrected chi connectivity index (χ1v) is 15.1. The predicted octanol–water partition coefficient (Wildman–Crippen LogP) is 5.29. The molecule has 3 heterocycles. The highest BCUT2D eigenvalue weighted by atomic mass is 19.1. The minimum absolute atomic E-state index is 0.0878. The van der Waals surface area contributed by atoms with Crippen molar-refractivity contribution >= 4 is 28.8 Å². The quantitative estimate of drug-likeness (QED) is 0.183. The monoisotopic (exact) mass is 609 g/mol. The second-order valence-corrected chi connectivity index (χ2v) is 11.1. The smallest absolute Gasteiger partial charge is 0.227 e. The van der Waals surface area contributed by atoms with Crippen molar-refractivity contribution in [3.8, 4) is 17.0 Å². The van der Waals surface area contributed by atoms with E-state index in [0.29, 0.717) is 61.3 Å². The zero-order valence-corrected chi connectivity index (χ0v) is 25.0. The number of anilines is 4. The van der Waals surface area contributed by atoms with Crippen LogP contribution in [0.2, 0.25) is 0 Å². The van der Waals surface area contributed by atoms with Crippen molar-refractivity contribution in [2.45, 2.75) is 12.8 Å². The molecule has 2 aliphatic rings. The molecule has 0 atom stereocenters. The largest absolute Gasteiger partial charge is 0.506 e. The van der Waals surface area contributed by atoms with Gasteiger partial charge in [-0.05, 0) is 65.7 Å². The number of aromatic nitrogens is 2. The van der Waals surface area contributed by atoms with Crippen molar-refractivity contribution in [3.63, 3.8) is 0 Å². The number of phenols is 1. The Morgan fingerprint density at radius 2 is 1.64 bits per heavy atom. The van der Waals surface area contributed by atoms with Crippen LogP contribution in [0.15, 0.2) is 79.5 Å². The number of hydrogen-bond acceptors (Lipinski definition) is 9. The van der Waals surface area contributed by atoms with Gasteiger partial charge in [-0.2, -0.15) is 0 Å². The van der Waals surface area contributed by atoms with Gasteiger partial charge in [0, 0.05) is 67.7 Å². The summed E-state index contributed by atoms with van der Waals surface area (Å²) in [6.45, 7) is 9.25. The number of hydrogen-bond donors (Lipinski definition) is 2. The molecule has 6 rings (SSSR count). The molecular formula is C35H36FN5O4. The zero-order chi connectivity index (χ0) is 31.2. The zero-order valence-electron chi connectivity index (χ0n) is 25.0.